The first kappa shape index (κ1) is 13.9. The number of thiophene rings is 1. The number of hydrogen-bond acceptors (Lipinski definition) is 3. The summed E-state index contributed by atoms with van der Waals surface area (Å²) >= 11 is 1.49. The van der Waals surface area contributed by atoms with Gasteiger partial charge in [0, 0.05) is 9.75 Å². The lowest BCUT2D eigenvalue weighted by atomic mass is 10.1. The minimum atomic E-state index is -0.991. The molecule has 21 heavy (non-hydrogen) atoms. The minimum Gasteiger partial charge on any atom is -0.297 e. The lowest BCUT2D eigenvalue weighted by Gasteiger charge is -2.16. The highest BCUT2D eigenvalue weighted by molar-refractivity contribution is 7.12. The molecule has 0 spiro atoms. The van der Waals surface area contributed by atoms with Crippen molar-refractivity contribution in [2.45, 2.75) is 19.9 Å². The van der Waals surface area contributed by atoms with Gasteiger partial charge in [0.05, 0.1) is 17.8 Å². The maximum absolute atomic E-state index is 13.9. The number of carbonyl (C=O) groups is 2. The molecule has 3 nitrogen and oxygen atoms in total. The third-order valence-corrected chi connectivity index (χ3v) is 4.61. The van der Waals surface area contributed by atoms with Crippen LogP contribution >= 0.6 is 11.3 Å². The number of anilines is 1. The van der Waals surface area contributed by atoms with E-state index in [4.69, 9.17) is 0 Å². The Hall–Kier alpha value is -2.08. The van der Waals surface area contributed by atoms with Crippen LogP contribution in [0.3, 0.4) is 0 Å². The van der Waals surface area contributed by atoms with Gasteiger partial charge in [0.25, 0.3) is 11.7 Å². The number of benzene rings is 1. The molecular weight excluding hydrogens is 296 g/mol. The second kappa shape index (κ2) is 5.04. The maximum atomic E-state index is 13.9. The molecule has 0 saturated heterocycles. The Morgan fingerprint density at radius 2 is 1.71 bits per heavy atom. The molecule has 2 aromatic rings. The zero-order chi connectivity index (χ0) is 15.1. The third-order valence-electron chi connectivity index (χ3n) is 3.39. The highest BCUT2D eigenvalue weighted by Gasteiger charge is 2.40. The molecule has 6 heteroatoms. The van der Waals surface area contributed by atoms with E-state index < -0.39 is 28.9 Å². The van der Waals surface area contributed by atoms with Crippen LogP contribution in [0.1, 0.15) is 27.0 Å². The normalized spacial score (nSPS) is 14.0. The summed E-state index contributed by atoms with van der Waals surface area (Å²) in [6.45, 7) is 2.08. The van der Waals surface area contributed by atoms with Gasteiger partial charge in [-0.05, 0) is 30.7 Å². The summed E-state index contributed by atoms with van der Waals surface area (Å²) in [6, 6.07) is 5.55. The SMILES string of the molecule is CCc1ccc(CN2C(=O)C(=O)c3c(F)ccc(F)c32)s1. The van der Waals surface area contributed by atoms with E-state index in [-0.39, 0.29) is 12.2 Å². The van der Waals surface area contributed by atoms with Gasteiger partial charge in [0.1, 0.15) is 11.6 Å². The molecular formula is C15H11F2NO2S. The fraction of sp³-hybridized carbons (Fsp3) is 0.200. The van der Waals surface area contributed by atoms with Crippen LogP contribution in [0.25, 0.3) is 0 Å². The Balaban J connectivity index is 2.03. The van der Waals surface area contributed by atoms with Gasteiger partial charge in [0.15, 0.2) is 0 Å². The van der Waals surface area contributed by atoms with Crippen molar-refractivity contribution in [3.8, 4) is 0 Å². The summed E-state index contributed by atoms with van der Waals surface area (Å²) in [5.41, 5.74) is -0.719. The van der Waals surface area contributed by atoms with Crippen molar-refractivity contribution >= 4 is 28.7 Å². The number of aryl methyl sites for hydroxylation is 1. The standard InChI is InChI=1S/C15H11F2NO2S/c1-2-8-3-4-9(21-8)7-18-13-11(17)6-5-10(16)12(13)14(19)15(18)20/h3-6H,2,7H2,1H3. The van der Waals surface area contributed by atoms with Gasteiger partial charge in [-0.15, -0.1) is 11.3 Å². The molecule has 2 heterocycles. The van der Waals surface area contributed by atoms with Gasteiger partial charge in [-0.25, -0.2) is 8.78 Å². The lowest BCUT2D eigenvalue weighted by Crippen LogP contribution is -2.29. The summed E-state index contributed by atoms with van der Waals surface area (Å²) in [7, 11) is 0. The van der Waals surface area contributed by atoms with Crippen molar-refractivity contribution in [1.29, 1.82) is 0 Å². The Labute approximate surface area is 123 Å². The highest BCUT2D eigenvalue weighted by atomic mass is 32.1. The second-order valence-corrected chi connectivity index (χ2v) is 5.95. The Morgan fingerprint density at radius 3 is 2.38 bits per heavy atom. The van der Waals surface area contributed by atoms with E-state index in [1.807, 2.05) is 19.1 Å². The van der Waals surface area contributed by atoms with Gasteiger partial charge in [-0.2, -0.15) is 0 Å². The Morgan fingerprint density at radius 1 is 1.05 bits per heavy atom. The second-order valence-electron chi connectivity index (χ2n) is 4.69. The van der Waals surface area contributed by atoms with E-state index >= 15 is 0 Å². The molecule has 0 atom stereocenters. The first-order valence-corrected chi connectivity index (χ1v) is 7.26. The number of hydrogen-bond donors (Lipinski definition) is 0. The van der Waals surface area contributed by atoms with E-state index in [1.54, 1.807) is 0 Å². The summed E-state index contributed by atoms with van der Waals surface area (Å²) in [5, 5.41) is 0. The molecule has 108 valence electrons. The molecule has 0 saturated carbocycles. The molecule has 1 aromatic carbocycles. The van der Waals surface area contributed by atoms with Crippen LogP contribution in [0.15, 0.2) is 24.3 Å². The summed E-state index contributed by atoms with van der Waals surface area (Å²) < 4.78 is 27.6. The van der Waals surface area contributed by atoms with Crippen molar-refractivity contribution in [3.63, 3.8) is 0 Å². The molecule has 3 rings (SSSR count). The number of ketones is 1. The number of amides is 1. The minimum absolute atomic E-state index is 0.0720. The van der Waals surface area contributed by atoms with Crippen LogP contribution in [-0.2, 0) is 17.8 Å². The van der Waals surface area contributed by atoms with Gasteiger partial charge in [-0.3, -0.25) is 14.5 Å². The first-order valence-electron chi connectivity index (χ1n) is 6.44. The van der Waals surface area contributed by atoms with Crippen LogP contribution in [-0.4, -0.2) is 11.7 Å². The molecule has 1 aliphatic heterocycles. The van der Waals surface area contributed by atoms with Gasteiger partial charge in [0.2, 0.25) is 0 Å². The van der Waals surface area contributed by atoms with Gasteiger partial charge < -0.3 is 0 Å². The number of nitrogens with zero attached hydrogens (tertiary/aromatic N) is 1. The molecule has 1 amide bonds. The van der Waals surface area contributed by atoms with Crippen LogP contribution in [0.5, 0.6) is 0 Å². The number of rotatable bonds is 3. The van der Waals surface area contributed by atoms with Crippen LogP contribution in [0.4, 0.5) is 14.5 Å². The third kappa shape index (κ3) is 2.15. The Bertz CT molecular complexity index is 754. The van der Waals surface area contributed by atoms with E-state index in [0.717, 1.165) is 33.2 Å². The average molecular weight is 307 g/mol. The van der Waals surface area contributed by atoms with Gasteiger partial charge in [-0.1, -0.05) is 6.92 Å². The molecule has 0 bridgehead atoms. The fourth-order valence-electron chi connectivity index (χ4n) is 2.36. The average Bonchev–Trinajstić information content (AvgIpc) is 3.02. The van der Waals surface area contributed by atoms with E-state index in [9.17, 15) is 18.4 Å². The van der Waals surface area contributed by atoms with Crippen LogP contribution in [0, 0.1) is 11.6 Å². The molecule has 0 aliphatic carbocycles. The topological polar surface area (TPSA) is 37.4 Å². The van der Waals surface area contributed by atoms with Crippen molar-refractivity contribution in [1.82, 2.24) is 0 Å². The smallest absolute Gasteiger partial charge is 0.297 e. The van der Waals surface area contributed by atoms with Crippen molar-refractivity contribution in [2.24, 2.45) is 0 Å². The van der Waals surface area contributed by atoms with Crippen molar-refractivity contribution in [3.05, 3.63) is 51.2 Å². The van der Waals surface area contributed by atoms with Crippen LogP contribution in [0.2, 0.25) is 0 Å². The number of carbonyl (C=O) groups excluding carboxylic acids is 2. The van der Waals surface area contributed by atoms with Gasteiger partial charge >= 0.3 is 0 Å². The molecule has 1 aromatic heterocycles. The fourth-order valence-corrected chi connectivity index (χ4v) is 3.30. The number of fused-ring (bicyclic) bond motifs is 1. The molecule has 0 radical (unpaired) electrons. The maximum Gasteiger partial charge on any atom is 0.300 e. The van der Waals surface area contributed by atoms with Crippen molar-refractivity contribution in [2.75, 3.05) is 4.90 Å². The monoisotopic (exact) mass is 307 g/mol. The number of halogens is 2. The van der Waals surface area contributed by atoms with E-state index in [0.29, 0.717) is 0 Å². The predicted octanol–water partition coefficient (Wildman–Crippen LogP) is 3.32. The predicted molar refractivity (Wildman–Crippen MR) is 75.6 cm³/mol. The lowest BCUT2D eigenvalue weighted by molar-refractivity contribution is -0.114. The number of Topliss-reactive ketones (excluding diaryl/α,β-unsaturated/α-hetero) is 1. The molecule has 0 N–H and O–H groups in total. The molecule has 0 fully saturated rings. The van der Waals surface area contributed by atoms with Crippen molar-refractivity contribution < 1.29 is 18.4 Å². The molecule has 0 unspecified atom stereocenters. The highest BCUT2D eigenvalue weighted by Crippen LogP contribution is 2.35. The first-order chi connectivity index (χ1) is 10.0. The zero-order valence-electron chi connectivity index (χ0n) is 11.2. The summed E-state index contributed by atoms with van der Waals surface area (Å²) in [5.74, 6) is -3.51. The van der Waals surface area contributed by atoms with E-state index in [2.05, 4.69) is 0 Å². The summed E-state index contributed by atoms with van der Waals surface area (Å²) in [6.07, 6.45) is 0.858. The molecule has 1 aliphatic rings. The van der Waals surface area contributed by atoms with Crippen LogP contribution < -0.4 is 4.90 Å². The summed E-state index contributed by atoms with van der Waals surface area (Å²) in [4.78, 5) is 26.8. The quantitative estimate of drug-likeness (QED) is 0.816. The Kier molecular flexibility index (Phi) is 3.33. The largest absolute Gasteiger partial charge is 0.300 e. The zero-order valence-corrected chi connectivity index (χ0v) is 12.0. The van der Waals surface area contributed by atoms with E-state index in [1.165, 1.54) is 11.3 Å².